The summed E-state index contributed by atoms with van der Waals surface area (Å²) in [7, 11) is 0. The first-order chi connectivity index (χ1) is 6.64. The molecule has 1 aromatic rings. The van der Waals surface area contributed by atoms with Crippen LogP contribution in [0.4, 0.5) is 0 Å². The number of ether oxygens (including phenoxy) is 1. The van der Waals surface area contributed by atoms with Crippen molar-refractivity contribution in [2.45, 2.75) is 32.4 Å². The van der Waals surface area contributed by atoms with E-state index in [9.17, 15) is 0 Å². The Hall–Kier alpha value is -0.870. The Labute approximate surface area is 85.0 Å². The van der Waals surface area contributed by atoms with E-state index < -0.39 is 0 Å². The average Bonchev–Trinajstić information content (AvgIpc) is 2.65. The Morgan fingerprint density at radius 1 is 1.57 bits per heavy atom. The van der Waals surface area contributed by atoms with Crippen molar-refractivity contribution < 1.29 is 4.74 Å². The summed E-state index contributed by atoms with van der Waals surface area (Å²) in [5, 5.41) is 4.08. The zero-order valence-corrected chi connectivity index (χ0v) is 8.94. The predicted octanol–water partition coefficient (Wildman–Crippen LogP) is 1.03. The molecule has 80 valence electrons. The molecule has 0 saturated carbocycles. The third-order valence-electron chi connectivity index (χ3n) is 2.26. The minimum absolute atomic E-state index is 0.204. The van der Waals surface area contributed by atoms with Gasteiger partial charge in [0.15, 0.2) is 0 Å². The second-order valence-electron chi connectivity index (χ2n) is 3.83. The normalized spacial score (nSPS) is 15.4. The number of hydrogen-bond acceptors (Lipinski definition) is 3. The zero-order valence-electron chi connectivity index (χ0n) is 8.94. The smallest absolute Gasteiger partial charge is 0.0663 e. The molecule has 0 aliphatic rings. The van der Waals surface area contributed by atoms with Crippen LogP contribution in [0.5, 0.6) is 0 Å². The van der Waals surface area contributed by atoms with E-state index >= 15 is 0 Å². The van der Waals surface area contributed by atoms with E-state index in [-0.39, 0.29) is 5.54 Å². The van der Waals surface area contributed by atoms with Crippen molar-refractivity contribution >= 4 is 0 Å². The van der Waals surface area contributed by atoms with Crippen LogP contribution in [0.25, 0.3) is 0 Å². The summed E-state index contributed by atoms with van der Waals surface area (Å²) in [6, 6.07) is 1.90. The molecule has 0 radical (unpaired) electrons. The molecule has 0 saturated heterocycles. The number of aromatic nitrogens is 2. The molecule has 0 amide bonds. The number of nitrogens with zero attached hydrogens (tertiary/aromatic N) is 2. The van der Waals surface area contributed by atoms with E-state index in [0.717, 1.165) is 13.0 Å². The largest absolute Gasteiger partial charge is 0.378 e. The van der Waals surface area contributed by atoms with E-state index in [0.29, 0.717) is 13.2 Å². The molecule has 4 nitrogen and oxygen atoms in total. The van der Waals surface area contributed by atoms with E-state index in [1.807, 2.05) is 23.9 Å². The van der Waals surface area contributed by atoms with Crippen LogP contribution in [0.3, 0.4) is 0 Å². The van der Waals surface area contributed by atoms with Crippen molar-refractivity contribution in [3.63, 3.8) is 0 Å². The number of hydrogen-bond donors (Lipinski definition) is 1. The summed E-state index contributed by atoms with van der Waals surface area (Å²) in [5.74, 6) is 0. The minimum Gasteiger partial charge on any atom is -0.378 e. The van der Waals surface area contributed by atoms with E-state index in [2.05, 4.69) is 12.0 Å². The average molecular weight is 197 g/mol. The highest BCUT2D eigenvalue weighted by Crippen LogP contribution is 2.04. The van der Waals surface area contributed by atoms with Crippen LogP contribution in [0.1, 0.15) is 20.3 Å². The Morgan fingerprint density at radius 3 is 2.93 bits per heavy atom. The van der Waals surface area contributed by atoms with Gasteiger partial charge in [-0.05, 0) is 19.4 Å². The quantitative estimate of drug-likeness (QED) is 0.693. The maximum Gasteiger partial charge on any atom is 0.0663 e. The Morgan fingerprint density at radius 2 is 2.36 bits per heavy atom. The van der Waals surface area contributed by atoms with Gasteiger partial charge in [0.25, 0.3) is 0 Å². The molecule has 0 fully saturated rings. The lowest BCUT2D eigenvalue weighted by molar-refractivity contribution is 0.0820. The van der Waals surface area contributed by atoms with E-state index in [4.69, 9.17) is 10.5 Å². The molecule has 1 heterocycles. The Kier molecular flexibility index (Phi) is 4.10. The Bertz CT molecular complexity index is 244. The van der Waals surface area contributed by atoms with Gasteiger partial charge < -0.3 is 10.5 Å². The van der Waals surface area contributed by atoms with Crippen LogP contribution in [0.2, 0.25) is 0 Å². The lowest BCUT2D eigenvalue weighted by Crippen LogP contribution is -2.40. The summed E-state index contributed by atoms with van der Waals surface area (Å²) in [6.07, 6.45) is 4.61. The molecule has 2 N–H and O–H groups in total. The first-order valence-corrected chi connectivity index (χ1v) is 4.98. The summed E-state index contributed by atoms with van der Waals surface area (Å²) in [5.41, 5.74) is 5.72. The highest BCUT2D eigenvalue weighted by Gasteiger charge is 2.14. The van der Waals surface area contributed by atoms with Crippen LogP contribution in [0, 0.1) is 0 Å². The fourth-order valence-electron chi connectivity index (χ4n) is 0.998. The third kappa shape index (κ3) is 3.89. The topological polar surface area (TPSA) is 53.1 Å². The van der Waals surface area contributed by atoms with Crippen LogP contribution in [0.15, 0.2) is 18.5 Å². The first-order valence-electron chi connectivity index (χ1n) is 4.98. The Balaban J connectivity index is 2.11. The monoisotopic (exact) mass is 197 g/mol. The van der Waals surface area contributed by atoms with Gasteiger partial charge in [0, 0.05) is 17.9 Å². The van der Waals surface area contributed by atoms with Crippen LogP contribution in [-0.4, -0.2) is 28.5 Å². The van der Waals surface area contributed by atoms with Crippen LogP contribution < -0.4 is 5.73 Å². The molecule has 4 heteroatoms. The van der Waals surface area contributed by atoms with Crippen LogP contribution >= 0.6 is 0 Å². The summed E-state index contributed by atoms with van der Waals surface area (Å²) < 4.78 is 7.32. The van der Waals surface area contributed by atoms with E-state index in [1.54, 1.807) is 6.20 Å². The van der Waals surface area contributed by atoms with Crippen molar-refractivity contribution in [1.82, 2.24) is 9.78 Å². The molecule has 0 aromatic carbocycles. The SMILES string of the molecule is CCC(C)(N)COCCn1cccn1. The van der Waals surface area contributed by atoms with Gasteiger partial charge in [-0.25, -0.2) is 0 Å². The molecule has 0 spiro atoms. The highest BCUT2D eigenvalue weighted by molar-refractivity contribution is 4.78. The predicted molar refractivity (Wildman–Crippen MR) is 55.9 cm³/mol. The minimum atomic E-state index is -0.204. The summed E-state index contributed by atoms with van der Waals surface area (Å²) in [4.78, 5) is 0. The van der Waals surface area contributed by atoms with Crippen LogP contribution in [-0.2, 0) is 11.3 Å². The van der Waals surface area contributed by atoms with Gasteiger partial charge >= 0.3 is 0 Å². The van der Waals surface area contributed by atoms with Gasteiger partial charge in [-0.15, -0.1) is 0 Å². The van der Waals surface area contributed by atoms with Gasteiger partial charge in [0.1, 0.15) is 0 Å². The number of rotatable bonds is 6. The third-order valence-corrected chi connectivity index (χ3v) is 2.26. The van der Waals surface area contributed by atoms with Gasteiger partial charge in [-0.1, -0.05) is 6.92 Å². The van der Waals surface area contributed by atoms with Crippen molar-refractivity contribution in [3.8, 4) is 0 Å². The molecule has 14 heavy (non-hydrogen) atoms. The fraction of sp³-hybridized carbons (Fsp3) is 0.700. The number of nitrogens with two attached hydrogens (primary N) is 1. The van der Waals surface area contributed by atoms with Crippen molar-refractivity contribution in [2.75, 3.05) is 13.2 Å². The molecule has 0 aliphatic carbocycles. The molecule has 0 aliphatic heterocycles. The summed E-state index contributed by atoms with van der Waals surface area (Å²) in [6.45, 7) is 6.11. The lowest BCUT2D eigenvalue weighted by Gasteiger charge is -2.22. The van der Waals surface area contributed by atoms with E-state index in [1.165, 1.54) is 0 Å². The molecule has 1 unspecified atom stereocenters. The molecule has 1 atom stereocenters. The highest BCUT2D eigenvalue weighted by atomic mass is 16.5. The second-order valence-corrected chi connectivity index (χ2v) is 3.83. The van der Waals surface area contributed by atoms with Crippen molar-refractivity contribution in [2.24, 2.45) is 5.73 Å². The standard InChI is InChI=1S/C10H19N3O/c1-3-10(2,11)9-14-8-7-13-6-4-5-12-13/h4-6H,3,7-9,11H2,1-2H3. The van der Waals surface area contributed by atoms with Crippen molar-refractivity contribution in [1.29, 1.82) is 0 Å². The molecular formula is C10H19N3O. The maximum absolute atomic E-state index is 5.93. The fourth-order valence-corrected chi connectivity index (χ4v) is 0.998. The summed E-state index contributed by atoms with van der Waals surface area (Å²) >= 11 is 0. The van der Waals surface area contributed by atoms with Gasteiger partial charge in [0.05, 0.1) is 19.8 Å². The second kappa shape index (κ2) is 5.12. The molecule has 0 bridgehead atoms. The first kappa shape index (κ1) is 11.2. The zero-order chi connectivity index (χ0) is 10.4. The molecule has 1 aromatic heterocycles. The van der Waals surface area contributed by atoms with Gasteiger partial charge in [-0.3, -0.25) is 4.68 Å². The molecule has 1 rings (SSSR count). The van der Waals surface area contributed by atoms with Crippen molar-refractivity contribution in [3.05, 3.63) is 18.5 Å². The molecular weight excluding hydrogens is 178 g/mol. The van der Waals surface area contributed by atoms with Gasteiger partial charge in [0.2, 0.25) is 0 Å². The lowest BCUT2D eigenvalue weighted by atomic mass is 10.0. The maximum atomic E-state index is 5.93. The van der Waals surface area contributed by atoms with Gasteiger partial charge in [-0.2, -0.15) is 5.10 Å².